The van der Waals surface area contributed by atoms with E-state index in [0.717, 1.165) is 13.1 Å². The maximum Gasteiger partial charge on any atom is 0.191 e. The zero-order chi connectivity index (χ0) is 13.6. The van der Waals surface area contributed by atoms with Crippen molar-refractivity contribution in [3.05, 3.63) is 43.4 Å². The van der Waals surface area contributed by atoms with Crippen molar-refractivity contribution < 1.29 is 9.59 Å². The van der Waals surface area contributed by atoms with Crippen LogP contribution in [0.1, 0.15) is 33.6 Å². The molecular weight excluding hydrogens is 374 g/mol. The van der Waals surface area contributed by atoms with Gasteiger partial charge in [0.15, 0.2) is 11.6 Å². The molecular formula is C14H11Br2NO2. The topological polar surface area (TPSA) is 46.2 Å². The average Bonchev–Trinajstić information content (AvgIpc) is 2.64. The van der Waals surface area contributed by atoms with E-state index in [9.17, 15) is 9.59 Å². The number of carbonyl (C=O) groups excluding carboxylic acids is 2. The second-order valence-corrected chi connectivity index (χ2v) is 6.35. The number of benzene rings is 1. The fraction of sp³-hybridized carbons (Fsp3) is 0.286. The molecule has 3 nitrogen and oxygen atoms in total. The molecule has 98 valence electrons. The molecule has 2 aliphatic rings. The minimum Gasteiger partial charge on any atom is -0.316 e. The van der Waals surface area contributed by atoms with Gasteiger partial charge in [0.1, 0.15) is 0 Å². The highest BCUT2D eigenvalue weighted by molar-refractivity contribution is 9.11. The monoisotopic (exact) mass is 383 g/mol. The van der Waals surface area contributed by atoms with Gasteiger partial charge in [-0.25, -0.2) is 0 Å². The minimum atomic E-state index is -0.0125. The molecule has 1 aliphatic carbocycles. The van der Waals surface area contributed by atoms with Crippen LogP contribution in [0.15, 0.2) is 32.2 Å². The number of fused-ring (bicyclic) bond motifs is 1. The molecule has 0 spiro atoms. The SMILES string of the molecule is O=C1C2=C(CCNCC2)C(=O)c2c(Br)ccc(Br)c21. The van der Waals surface area contributed by atoms with Crippen LogP contribution in [-0.2, 0) is 0 Å². The number of nitrogens with one attached hydrogen (secondary N) is 1. The summed E-state index contributed by atoms with van der Waals surface area (Å²) in [5, 5.41) is 3.23. The molecule has 5 heteroatoms. The second kappa shape index (κ2) is 4.96. The van der Waals surface area contributed by atoms with Crippen LogP contribution in [0.4, 0.5) is 0 Å². The predicted octanol–water partition coefficient (Wildman–Crippen LogP) is 3.27. The third-order valence-electron chi connectivity index (χ3n) is 3.57. The van der Waals surface area contributed by atoms with Gasteiger partial charge in [0, 0.05) is 31.2 Å². The van der Waals surface area contributed by atoms with Crippen molar-refractivity contribution in [3.63, 3.8) is 0 Å². The highest BCUT2D eigenvalue weighted by atomic mass is 79.9. The molecule has 0 atom stereocenters. The molecule has 0 saturated heterocycles. The molecule has 0 bridgehead atoms. The van der Waals surface area contributed by atoms with Crippen LogP contribution in [0, 0.1) is 0 Å². The van der Waals surface area contributed by atoms with Crippen LogP contribution in [0.3, 0.4) is 0 Å². The van der Waals surface area contributed by atoms with Gasteiger partial charge in [-0.15, -0.1) is 0 Å². The summed E-state index contributed by atoms with van der Waals surface area (Å²) >= 11 is 6.78. The Labute approximate surface area is 127 Å². The molecule has 0 radical (unpaired) electrons. The van der Waals surface area contributed by atoms with Crippen molar-refractivity contribution in [1.82, 2.24) is 5.32 Å². The highest BCUT2D eigenvalue weighted by Gasteiger charge is 2.35. The summed E-state index contributed by atoms with van der Waals surface area (Å²) in [4.78, 5) is 25.3. The Hall–Kier alpha value is -0.780. The number of rotatable bonds is 0. The van der Waals surface area contributed by atoms with Crippen molar-refractivity contribution in [2.75, 3.05) is 13.1 Å². The zero-order valence-corrected chi connectivity index (χ0v) is 13.2. The van der Waals surface area contributed by atoms with Gasteiger partial charge in [-0.05, 0) is 38.1 Å². The number of ketones is 2. The number of hydrogen-bond acceptors (Lipinski definition) is 3. The Kier molecular flexibility index (Phi) is 3.45. The Balaban J connectivity index is 2.25. The summed E-state index contributed by atoms with van der Waals surface area (Å²) in [6, 6.07) is 3.60. The van der Waals surface area contributed by atoms with Crippen molar-refractivity contribution in [2.45, 2.75) is 12.8 Å². The average molecular weight is 385 g/mol. The molecule has 0 saturated carbocycles. The van der Waals surface area contributed by atoms with E-state index in [1.165, 1.54) is 0 Å². The molecule has 3 rings (SSSR count). The first-order valence-electron chi connectivity index (χ1n) is 6.11. The summed E-state index contributed by atoms with van der Waals surface area (Å²) in [7, 11) is 0. The van der Waals surface area contributed by atoms with Gasteiger partial charge in [-0.3, -0.25) is 9.59 Å². The minimum absolute atomic E-state index is 0.0125. The van der Waals surface area contributed by atoms with Crippen molar-refractivity contribution in [1.29, 1.82) is 0 Å². The van der Waals surface area contributed by atoms with Crippen molar-refractivity contribution in [2.24, 2.45) is 0 Å². The largest absolute Gasteiger partial charge is 0.316 e. The first kappa shape index (κ1) is 13.2. The van der Waals surface area contributed by atoms with E-state index in [-0.39, 0.29) is 11.6 Å². The molecule has 0 fully saturated rings. The third-order valence-corrected chi connectivity index (χ3v) is 4.90. The standard InChI is InChI=1S/C14H11Br2NO2/c15-9-1-2-10(16)12-11(9)13(18)7-3-5-17-6-4-8(7)14(12)19/h1-2,17H,3-6H2. The van der Waals surface area contributed by atoms with E-state index in [2.05, 4.69) is 37.2 Å². The van der Waals surface area contributed by atoms with E-state index in [0.29, 0.717) is 44.1 Å². The lowest BCUT2D eigenvalue weighted by Gasteiger charge is -2.21. The van der Waals surface area contributed by atoms with E-state index in [1.807, 2.05) is 0 Å². The summed E-state index contributed by atoms with van der Waals surface area (Å²) in [5.74, 6) is -0.0250. The molecule has 1 aliphatic heterocycles. The molecule has 1 aromatic carbocycles. The quantitative estimate of drug-likeness (QED) is 0.746. The van der Waals surface area contributed by atoms with E-state index >= 15 is 0 Å². The van der Waals surface area contributed by atoms with E-state index < -0.39 is 0 Å². The normalized spacial score (nSPS) is 19.1. The van der Waals surface area contributed by atoms with Crippen LogP contribution in [0.2, 0.25) is 0 Å². The Morgan fingerprint density at radius 1 is 0.842 bits per heavy atom. The first-order valence-corrected chi connectivity index (χ1v) is 7.70. The molecule has 19 heavy (non-hydrogen) atoms. The van der Waals surface area contributed by atoms with Gasteiger partial charge in [0.05, 0.1) is 0 Å². The lowest BCUT2D eigenvalue weighted by molar-refractivity contribution is 0.0969. The van der Waals surface area contributed by atoms with Crippen LogP contribution in [0.25, 0.3) is 0 Å². The maximum absolute atomic E-state index is 12.6. The third kappa shape index (κ3) is 2.04. The number of hydrogen-bond donors (Lipinski definition) is 1. The van der Waals surface area contributed by atoms with Gasteiger partial charge >= 0.3 is 0 Å². The van der Waals surface area contributed by atoms with Crippen molar-refractivity contribution >= 4 is 43.4 Å². The van der Waals surface area contributed by atoms with Crippen LogP contribution >= 0.6 is 31.9 Å². The van der Waals surface area contributed by atoms with Gasteiger partial charge in [0.2, 0.25) is 0 Å². The van der Waals surface area contributed by atoms with E-state index in [4.69, 9.17) is 0 Å². The molecule has 0 aromatic heterocycles. The summed E-state index contributed by atoms with van der Waals surface area (Å²) in [6.45, 7) is 1.50. The smallest absolute Gasteiger partial charge is 0.191 e. The maximum atomic E-state index is 12.6. The Bertz CT molecular complexity index is 582. The van der Waals surface area contributed by atoms with Crippen molar-refractivity contribution in [3.8, 4) is 0 Å². The molecule has 0 unspecified atom stereocenters. The number of Topliss-reactive ketones (excluding diaryl/α,β-unsaturated/α-hetero) is 2. The number of halogens is 2. The lowest BCUT2D eigenvalue weighted by Crippen LogP contribution is -2.23. The number of carbonyl (C=O) groups is 2. The summed E-state index contributed by atoms with van der Waals surface area (Å²) in [5.41, 5.74) is 2.36. The lowest BCUT2D eigenvalue weighted by atomic mass is 9.82. The molecule has 1 aromatic rings. The van der Waals surface area contributed by atoms with Gasteiger partial charge in [-0.2, -0.15) is 0 Å². The van der Waals surface area contributed by atoms with Crippen LogP contribution in [-0.4, -0.2) is 24.7 Å². The fourth-order valence-electron chi connectivity index (χ4n) is 2.65. The first-order chi connectivity index (χ1) is 9.11. The second-order valence-electron chi connectivity index (χ2n) is 4.64. The zero-order valence-electron chi connectivity index (χ0n) is 10.1. The van der Waals surface area contributed by atoms with Gasteiger partial charge in [-0.1, -0.05) is 31.9 Å². The highest BCUT2D eigenvalue weighted by Crippen LogP contribution is 2.37. The summed E-state index contributed by atoms with van der Waals surface area (Å²) < 4.78 is 1.38. The van der Waals surface area contributed by atoms with Gasteiger partial charge in [0.25, 0.3) is 0 Å². The van der Waals surface area contributed by atoms with Crippen LogP contribution in [0.5, 0.6) is 0 Å². The Morgan fingerprint density at radius 3 is 1.68 bits per heavy atom. The summed E-state index contributed by atoms with van der Waals surface area (Å²) in [6.07, 6.45) is 1.25. The molecule has 1 heterocycles. The molecule has 1 N–H and O–H groups in total. The van der Waals surface area contributed by atoms with Crippen LogP contribution < -0.4 is 5.32 Å². The Morgan fingerprint density at radius 2 is 1.26 bits per heavy atom. The molecule has 0 amide bonds. The fourth-order valence-corrected chi connectivity index (χ4v) is 3.67. The van der Waals surface area contributed by atoms with E-state index in [1.54, 1.807) is 12.1 Å². The predicted molar refractivity (Wildman–Crippen MR) is 79.6 cm³/mol. The van der Waals surface area contributed by atoms with Gasteiger partial charge < -0.3 is 5.32 Å².